The van der Waals surface area contributed by atoms with E-state index in [4.69, 9.17) is 9.57 Å². The van der Waals surface area contributed by atoms with Crippen LogP contribution in [0.2, 0.25) is 0 Å². The summed E-state index contributed by atoms with van der Waals surface area (Å²) in [6, 6.07) is 17.7. The molecule has 0 fully saturated rings. The van der Waals surface area contributed by atoms with Crippen molar-refractivity contribution in [3.05, 3.63) is 95.1 Å². The largest absolute Gasteiger partial charge is 0.507 e. The number of halogens is 3. The maximum Gasteiger partial charge on any atom is 0.416 e. The number of rotatable bonds is 8. The molecular formula is C24H20F3NO4. The number of para-hydroxylation sites is 1. The minimum atomic E-state index is -4.37. The molecule has 0 radical (unpaired) electrons. The lowest BCUT2D eigenvalue weighted by Crippen LogP contribution is -2.11. The number of ether oxygens (including phenoxy) is 1. The number of hydrogen-bond acceptors (Lipinski definition) is 5. The first-order chi connectivity index (χ1) is 15.2. The van der Waals surface area contributed by atoms with Crippen LogP contribution in [0.3, 0.4) is 0 Å². The molecule has 3 aromatic carbocycles. The number of oxime groups is 1. The minimum Gasteiger partial charge on any atom is -0.507 e. The van der Waals surface area contributed by atoms with Gasteiger partial charge in [-0.3, -0.25) is 4.79 Å². The molecule has 0 aliphatic rings. The molecule has 0 saturated carbocycles. The number of ketones is 1. The molecule has 1 N–H and O–H groups in total. The van der Waals surface area contributed by atoms with Gasteiger partial charge in [0.25, 0.3) is 0 Å². The van der Waals surface area contributed by atoms with Crippen LogP contribution in [0.4, 0.5) is 13.2 Å². The normalized spacial score (nSPS) is 11.8. The number of carbonyl (C=O) groups excluding carboxylic acids is 1. The van der Waals surface area contributed by atoms with Crippen LogP contribution in [0.15, 0.2) is 78.0 Å². The first kappa shape index (κ1) is 22.9. The molecule has 0 heterocycles. The molecule has 0 aromatic heterocycles. The smallest absolute Gasteiger partial charge is 0.416 e. The van der Waals surface area contributed by atoms with Gasteiger partial charge in [-0.15, -0.1) is 0 Å². The highest BCUT2D eigenvalue weighted by atomic mass is 19.4. The maximum absolute atomic E-state index is 12.6. The summed E-state index contributed by atoms with van der Waals surface area (Å²) in [5, 5.41) is 13.7. The molecule has 0 spiro atoms. The second kappa shape index (κ2) is 10.00. The van der Waals surface area contributed by atoms with Crippen molar-refractivity contribution in [2.24, 2.45) is 5.16 Å². The Bertz CT molecular complexity index is 1090. The van der Waals surface area contributed by atoms with E-state index in [1.807, 2.05) is 0 Å². The van der Waals surface area contributed by atoms with Crippen LogP contribution in [0.5, 0.6) is 11.5 Å². The number of carbonyl (C=O) groups is 1. The van der Waals surface area contributed by atoms with Crippen LogP contribution < -0.4 is 4.74 Å². The van der Waals surface area contributed by atoms with E-state index < -0.39 is 11.7 Å². The summed E-state index contributed by atoms with van der Waals surface area (Å²) in [5.41, 5.74) is 1.35. The van der Waals surface area contributed by atoms with Crippen molar-refractivity contribution < 1.29 is 32.6 Å². The molecule has 0 aliphatic carbocycles. The minimum absolute atomic E-state index is 0.0329. The topological polar surface area (TPSA) is 68.1 Å². The van der Waals surface area contributed by atoms with Crippen LogP contribution in [0.1, 0.15) is 34.0 Å². The summed E-state index contributed by atoms with van der Waals surface area (Å²) in [6.45, 7) is 1.54. The highest BCUT2D eigenvalue weighted by Crippen LogP contribution is 2.29. The van der Waals surface area contributed by atoms with Crippen LogP contribution in [0, 0.1) is 0 Å². The van der Waals surface area contributed by atoms with Crippen molar-refractivity contribution in [2.75, 3.05) is 6.61 Å². The van der Waals surface area contributed by atoms with E-state index in [0.717, 1.165) is 17.7 Å². The van der Waals surface area contributed by atoms with Gasteiger partial charge in [0.1, 0.15) is 18.1 Å². The van der Waals surface area contributed by atoms with Crippen molar-refractivity contribution in [1.82, 2.24) is 0 Å². The number of alkyl halides is 3. The molecule has 8 heteroatoms. The van der Waals surface area contributed by atoms with Gasteiger partial charge in [-0.25, -0.2) is 0 Å². The van der Waals surface area contributed by atoms with Gasteiger partial charge in [0.05, 0.1) is 16.8 Å². The second-order valence-corrected chi connectivity index (χ2v) is 6.90. The second-order valence-electron chi connectivity index (χ2n) is 6.90. The molecule has 0 bridgehead atoms. The Balaban J connectivity index is 1.52. The van der Waals surface area contributed by atoms with Gasteiger partial charge in [-0.05, 0) is 66.6 Å². The third kappa shape index (κ3) is 6.10. The van der Waals surface area contributed by atoms with Crippen molar-refractivity contribution in [2.45, 2.75) is 19.7 Å². The van der Waals surface area contributed by atoms with Gasteiger partial charge in [0.2, 0.25) is 5.78 Å². The number of hydrogen-bond donors (Lipinski definition) is 1. The number of phenols is 1. The first-order valence-corrected chi connectivity index (χ1v) is 9.61. The van der Waals surface area contributed by atoms with E-state index in [1.54, 1.807) is 43.3 Å². The van der Waals surface area contributed by atoms with Gasteiger partial charge >= 0.3 is 6.18 Å². The van der Waals surface area contributed by atoms with Gasteiger partial charge < -0.3 is 14.7 Å². The van der Waals surface area contributed by atoms with E-state index >= 15 is 0 Å². The van der Waals surface area contributed by atoms with Crippen molar-refractivity contribution in [3.63, 3.8) is 0 Å². The van der Waals surface area contributed by atoms with Gasteiger partial charge in [0.15, 0.2) is 6.61 Å². The molecule has 0 aliphatic heterocycles. The Kier molecular flexibility index (Phi) is 7.14. The van der Waals surface area contributed by atoms with E-state index in [9.17, 15) is 23.1 Å². The number of Topliss-reactive ketones (excluding diaryl/α,β-unsaturated/α-hetero) is 1. The first-order valence-electron chi connectivity index (χ1n) is 9.61. The summed E-state index contributed by atoms with van der Waals surface area (Å²) in [6.07, 6.45) is -4.37. The Labute approximate surface area is 182 Å². The lowest BCUT2D eigenvalue weighted by atomic mass is 10.1. The molecule has 32 heavy (non-hydrogen) atoms. The van der Waals surface area contributed by atoms with Crippen LogP contribution in [-0.4, -0.2) is 23.2 Å². The predicted molar refractivity (Wildman–Crippen MR) is 113 cm³/mol. The standard InChI is InChI=1S/C24H20F3NO4/c1-16(28-32-14-17-6-10-19(11-7-17)24(25,26)27)18-8-12-20(13-9-18)31-15-23(30)21-4-2-3-5-22(21)29/h2-13,29H,14-15H2,1H3/b28-16+. The Morgan fingerprint density at radius 3 is 2.25 bits per heavy atom. The molecule has 3 rings (SSSR count). The zero-order valence-electron chi connectivity index (χ0n) is 17.1. The fourth-order valence-electron chi connectivity index (χ4n) is 2.77. The van der Waals surface area contributed by atoms with E-state index in [-0.39, 0.29) is 30.3 Å². The fraction of sp³-hybridized carbons (Fsp3) is 0.167. The Morgan fingerprint density at radius 1 is 0.969 bits per heavy atom. The number of nitrogens with zero attached hydrogens (tertiary/aromatic N) is 1. The van der Waals surface area contributed by atoms with Gasteiger partial charge in [0, 0.05) is 0 Å². The molecule has 0 amide bonds. The average molecular weight is 443 g/mol. The average Bonchev–Trinajstić information content (AvgIpc) is 2.78. The molecule has 166 valence electrons. The van der Waals surface area contributed by atoms with Gasteiger partial charge in [-0.1, -0.05) is 29.4 Å². The van der Waals surface area contributed by atoms with E-state index in [1.165, 1.54) is 24.3 Å². The SMILES string of the molecule is C/C(=N\OCc1ccc(C(F)(F)F)cc1)c1ccc(OCC(=O)c2ccccc2O)cc1. The predicted octanol–water partition coefficient (Wildman–Crippen LogP) is 5.61. The molecule has 5 nitrogen and oxygen atoms in total. The number of aromatic hydroxyl groups is 1. The highest BCUT2D eigenvalue weighted by molar-refractivity contribution is 6.00. The molecular weight excluding hydrogens is 423 g/mol. The number of phenolic OH excluding ortho intramolecular Hbond substituents is 1. The third-order valence-corrected chi connectivity index (χ3v) is 4.56. The highest BCUT2D eigenvalue weighted by Gasteiger charge is 2.29. The van der Waals surface area contributed by atoms with Gasteiger partial charge in [-0.2, -0.15) is 13.2 Å². The monoisotopic (exact) mass is 443 g/mol. The summed E-state index contributed by atoms with van der Waals surface area (Å²) in [7, 11) is 0. The number of benzene rings is 3. The maximum atomic E-state index is 12.6. The van der Waals surface area contributed by atoms with Crippen molar-refractivity contribution in [1.29, 1.82) is 0 Å². The van der Waals surface area contributed by atoms with Crippen molar-refractivity contribution in [3.8, 4) is 11.5 Å². The summed E-state index contributed by atoms with van der Waals surface area (Å²) in [5.74, 6) is 0.0251. The summed E-state index contributed by atoms with van der Waals surface area (Å²) >= 11 is 0. The zero-order chi connectivity index (χ0) is 23.1. The van der Waals surface area contributed by atoms with Crippen LogP contribution in [0.25, 0.3) is 0 Å². The Morgan fingerprint density at radius 2 is 1.62 bits per heavy atom. The molecule has 3 aromatic rings. The van der Waals surface area contributed by atoms with Crippen LogP contribution in [-0.2, 0) is 17.6 Å². The van der Waals surface area contributed by atoms with Crippen LogP contribution >= 0.6 is 0 Å². The molecule has 0 atom stereocenters. The lowest BCUT2D eigenvalue weighted by molar-refractivity contribution is -0.137. The van der Waals surface area contributed by atoms with Crippen molar-refractivity contribution >= 4 is 11.5 Å². The zero-order valence-corrected chi connectivity index (χ0v) is 17.1. The lowest BCUT2D eigenvalue weighted by Gasteiger charge is -2.08. The molecule has 0 unspecified atom stereocenters. The van der Waals surface area contributed by atoms with E-state index in [0.29, 0.717) is 17.0 Å². The van der Waals surface area contributed by atoms with E-state index in [2.05, 4.69) is 5.16 Å². The quantitative estimate of drug-likeness (QED) is 0.279. The molecule has 0 saturated heterocycles. The summed E-state index contributed by atoms with van der Waals surface area (Å²) < 4.78 is 43.2. The third-order valence-electron chi connectivity index (χ3n) is 4.56. The fourth-order valence-corrected chi connectivity index (χ4v) is 2.77. The summed E-state index contributed by atoms with van der Waals surface area (Å²) in [4.78, 5) is 17.4. The Hall–Kier alpha value is -3.81.